The smallest absolute Gasteiger partial charge is 0.243 e. The molecule has 0 bridgehead atoms. The van der Waals surface area contributed by atoms with Crippen LogP contribution in [0.2, 0.25) is 0 Å². The van der Waals surface area contributed by atoms with Gasteiger partial charge >= 0.3 is 0 Å². The summed E-state index contributed by atoms with van der Waals surface area (Å²) in [5.74, 6) is 1.72. The van der Waals surface area contributed by atoms with Crippen LogP contribution in [0, 0.1) is 0 Å². The predicted molar refractivity (Wildman–Crippen MR) is 115 cm³/mol. The summed E-state index contributed by atoms with van der Waals surface area (Å²) in [5, 5.41) is 4.08. The molecule has 0 saturated carbocycles. The van der Waals surface area contributed by atoms with Gasteiger partial charge in [0.2, 0.25) is 10.0 Å². The maximum absolute atomic E-state index is 13.4. The minimum absolute atomic E-state index is 0.0343. The van der Waals surface area contributed by atoms with Crippen molar-refractivity contribution in [1.82, 2.24) is 9.46 Å². The summed E-state index contributed by atoms with van der Waals surface area (Å²) < 4.78 is 44.3. The quantitative estimate of drug-likeness (QED) is 0.376. The zero-order chi connectivity index (χ0) is 21.7. The van der Waals surface area contributed by atoms with Crippen molar-refractivity contribution < 1.29 is 22.1 Å². The Kier molecular flexibility index (Phi) is 6.20. The van der Waals surface area contributed by atoms with Gasteiger partial charge in [-0.25, -0.2) is 8.42 Å². The molecular weight excluding hydrogens is 416 g/mol. The molecule has 0 spiro atoms. The highest BCUT2D eigenvalue weighted by atomic mass is 32.2. The Balaban J connectivity index is 1.62. The van der Waals surface area contributed by atoms with E-state index < -0.39 is 10.0 Å². The number of aromatic nitrogens is 1. The Labute approximate surface area is 180 Å². The normalized spacial score (nSPS) is 11.7. The summed E-state index contributed by atoms with van der Waals surface area (Å²) in [6.07, 6.45) is 1.51. The van der Waals surface area contributed by atoms with Crippen LogP contribution in [-0.2, 0) is 23.1 Å². The summed E-state index contributed by atoms with van der Waals surface area (Å²) in [7, 11) is -3.83. The highest BCUT2D eigenvalue weighted by Gasteiger charge is 2.27. The summed E-state index contributed by atoms with van der Waals surface area (Å²) in [4.78, 5) is 0.161. The fourth-order valence-electron chi connectivity index (χ4n) is 3.13. The van der Waals surface area contributed by atoms with Crippen LogP contribution >= 0.6 is 0 Å². The Morgan fingerprint density at radius 3 is 2.42 bits per heavy atom. The molecule has 4 aromatic rings. The van der Waals surface area contributed by atoms with Gasteiger partial charge in [-0.2, -0.15) is 4.31 Å². The molecule has 0 fully saturated rings. The predicted octanol–water partition coefficient (Wildman–Crippen LogP) is 4.72. The molecular formula is C23H22N2O5S. The molecule has 2 aromatic carbocycles. The third kappa shape index (κ3) is 4.87. The molecule has 4 rings (SSSR count). The minimum atomic E-state index is -3.83. The lowest BCUT2D eigenvalue weighted by atomic mass is 10.2. The summed E-state index contributed by atoms with van der Waals surface area (Å²) in [6.45, 7) is 2.48. The van der Waals surface area contributed by atoms with Crippen LogP contribution in [0.5, 0.6) is 5.75 Å². The molecule has 0 aliphatic rings. The van der Waals surface area contributed by atoms with Gasteiger partial charge in [-0.15, -0.1) is 0 Å². The van der Waals surface area contributed by atoms with E-state index in [0.717, 1.165) is 5.56 Å². The molecule has 0 N–H and O–H groups in total. The molecule has 0 unspecified atom stereocenters. The van der Waals surface area contributed by atoms with Gasteiger partial charge in [-0.05, 0) is 43.3 Å². The number of furan rings is 1. The van der Waals surface area contributed by atoms with Gasteiger partial charge in [-0.3, -0.25) is 0 Å². The summed E-state index contributed by atoms with van der Waals surface area (Å²) >= 11 is 0. The van der Waals surface area contributed by atoms with Crippen LogP contribution < -0.4 is 4.74 Å². The van der Waals surface area contributed by atoms with E-state index in [1.807, 2.05) is 37.3 Å². The standard InChI is InChI=1S/C23H22N2O5S/c1-2-28-20-10-12-22(13-11-20)31(26,27)25(17-21-9-6-14-29-21)16-19-15-23(30-24-19)18-7-4-3-5-8-18/h3-15H,2,16-17H2,1H3. The van der Waals surface area contributed by atoms with Crippen LogP contribution in [0.3, 0.4) is 0 Å². The maximum atomic E-state index is 13.4. The van der Waals surface area contributed by atoms with E-state index >= 15 is 0 Å². The highest BCUT2D eigenvalue weighted by molar-refractivity contribution is 7.89. The second-order valence-electron chi connectivity index (χ2n) is 6.81. The summed E-state index contributed by atoms with van der Waals surface area (Å²) in [5.41, 5.74) is 1.37. The van der Waals surface area contributed by atoms with Gasteiger partial charge in [0, 0.05) is 11.6 Å². The topological polar surface area (TPSA) is 85.8 Å². The fraction of sp³-hybridized carbons (Fsp3) is 0.174. The largest absolute Gasteiger partial charge is 0.494 e. The number of rotatable bonds is 9. The average molecular weight is 439 g/mol. The molecule has 8 heteroatoms. The van der Waals surface area contributed by atoms with Crippen molar-refractivity contribution in [2.45, 2.75) is 24.9 Å². The van der Waals surface area contributed by atoms with Crippen molar-refractivity contribution in [2.24, 2.45) is 0 Å². The van der Waals surface area contributed by atoms with Crippen molar-refractivity contribution in [3.8, 4) is 17.1 Å². The van der Waals surface area contributed by atoms with E-state index in [1.54, 1.807) is 30.3 Å². The van der Waals surface area contributed by atoms with Gasteiger partial charge in [0.25, 0.3) is 0 Å². The van der Waals surface area contributed by atoms with E-state index in [2.05, 4.69) is 5.16 Å². The SMILES string of the molecule is CCOc1ccc(S(=O)(=O)N(Cc2cc(-c3ccccc3)on2)Cc2ccco2)cc1. The average Bonchev–Trinajstić information content (AvgIpc) is 3.47. The van der Waals surface area contributed by atoms with Gasteiger partial charge in [0.1, 0.15) is 11.5 Å². The number of hydrogen-bond acceptors (Lipinski definition) is 6. The van der Waals surface area contributed by atoms with E-state index in [-0.39, 0.29) is 18.0 Å². The van der Waals surface area contributed by atoms with Gasteiger partial charge in [-0.1, -0.05) is 35.5 Å². The second kappa shape index (κ2) is 9.20. The van der Waals surface area contributed by atoms with Gasteiger partial charge in [0.05, 0.1) is 36.5 Å². The lowest BCUT2D eigenvalue weighted by Crippen LogP contribution is -2.30. The number of ether oxygens (including phenoxy) is 1. The molecule has 0 radical (unpaired) electrons. The number of sulfonamides is 1. The minimum Gasteiger partial charge on any atom is -0.494 e. The van der Waals surface area contributed by atoms with Crippen LogP contribution in [0.15, 0.2) is 92.9 Å². The first-order valence-electron chi connectivity index (χ1n) is 9.82. The lowest BCUT2D eigenvalue weighted by Gasteiger charge is -2.20. The first-order valence-corrected chi connectivity index (χ1v) is 11.3. The molecule has 2 heterocycles. The Morgan fingerprint density at radius 2 is 1.74 bits per heavy atom. The summed E-state index contributed by atoms with van der Waals surface area (Å²) in [6, 6.07) is 21.1. The third-order valence-electron chi connectivity index (χ3n) is 4.64. The maximum Gasteiger partial charge on any atom is 0.243 e. The zero-order valence-corrected chi connectivity index (χ0v) is 17.8. The molecule has 0 aliphatic carbocycles. The van der Waals surface area contributed by atoms with E-state index in [9.17, 15) is 8.42 Å². The van der Waals surface area contributed by atoms with Crippen LogP contribution in [0.25, 0.3) is 11.3 Å². The molecule has 2 aromatic heterocycles. The molecule has 7 nitrogen and oxygen atoms in total. The van der Waals surface area contributed by atoms with Crippen molar-refractivity contribution in [1.29, 1.82) is 0 Å². The van der Waals surface area contributed by atoms with Gasteiger partial charge < -0.3 is 13.7 Å². The van der Waals surface area contributed by atoms with Crippen molar-refractivity contribution in [3.05, 3.63) is 90.5 Å². The second-order valence-corrected chi connectivity index (χ2v) is 8.74. The monoisotopic (exact) mass is 438 g/mol. The van der Waals surface area contributed by atoms with Crippen molar-refractivity contribution in [3.63, 3.8) is 0 Å². The lowest BCUT2D eigenvalue weighted by molar-refractivity contribution is 0.339. The van der Waals surface area contributed by atoms with E-state index in [0.29, 0.717) is 29.6 Å². The van der Waals surface area contributed by atoms with Gasteiger partial charge in [0.15, 0.2) is 5.76 Å². The number of benzene rings is 2. The Morgan fingerprint density at radius 1 is 0.968 bits per heavy atom. The molecule has 160 valence electrons. The van der Waals surface area contributed by atoms with Crippen molar-refractivity contribution >= 4 is 10.0 Å². The number of nitrogens with zero attached hydrogens (tertiary/aromatic N) is 2. The molecule has 0 atom stereocenters. The first kappa shape index (κ1) is 20.9. The molecule has 0 aliphatic heterocycles. The number of hydrogen-bond donors (Lipinski definition) is 0. The molecule has 0 saturated heterocycles. The van der Waals surface area contributed by atoms with Crippen molar-refractivity contribution in [2.75, 3.05) is 6.61 Å². The van der Waals surface area contributed by atoms with Crippen LogP contribution in [-0.4, -0.2) is 24.5 Å². The third-order valence-corrected chi connectivity index (χ3v) is 6.45. The van der Waals surface area contributed by atoms with E-state index in [1.165, 1.54) is 22.7 Å². The first-order chi connectivity index (χ1) is 15.1. The van der Waals surface area contributed by atoms with Crippen LogP contribution in [0.1, 0.15) is 18.4 Å². The molecule has 31 heavy (non-hydrogen) atoms. The van der Waals surface area contributed by atoms with E-state index in [4.69, 9.17) is 13.7 Å². The van der Waals surface area contributed by atoms with Crippen LogP contribution in [0.4, 0.5) is 0 Å². The Hall–Kier alpha value is -3.36. The zero-order valence-electron chi connectivity index (χ0n) is 17.0. The molecule has 0 amide bonds. The Bertz CT molecular complexity index is 1200. The fourth-order valence-corrected chi connectivity index (χ4v) is 4.51. The highest BCUT2D eigenvalue weighted by Crippen LogP contribution is 2.25.